The van der Waals surface area contributed by atoms with Crippen LogP contribution in [0.15, 0.2) is 29.8 Å². The smallest absolute Gasteiger partial charge is 0.207 e. The molecule has 2 heterocycles. The number of hydrogen-bond acceptors (Lipinski definition) is 6. The van der Waals surface area contributed by atoms with Gasteiger partial charge in [-0.3, -0.25) is 0 Å². The minimum Gasteiger partial charge on any atom is -0.225 e. The number of halogens is 3. The van der Waals surface area contributed by atoms with Crippen molar-refractivity contribution in [3.63, 3.8) is 0 Å². The predicted octanol–water partition coefficient (Wildman–Crippen LogP) is 1.99. The highest BCUT2D eigenvalue weighted by Gasteiger charge is 2.17. The highest BCUT2D eigenvalue weighted by molar-refractivity contribution is 14.1. The van der Waals surface area contributed by atoms with Crippen molar-refractivity contribution >= 4 is 39.3 Å². The topological polar surface area (TPSA) is 75.8 Å². The van der Waals surface area contributed by atoms with E-state index in [0.29, 0.717) is 0 Å². The van der Waals surface area contributed by atoms with E-state index in [0.717, 1.165) is 19.0 Å². The number of amidine groups is 1. The number of nitrogens with zero attached hydrogens (tertiary/aromatic N) is 6. The molecule has 2 rings (SSSR count). The van der Waals surface area contributed by atoms with Gasteiger partial charge in [0.1, 0.15) is 40.3 Å². The van der Waals surface area contributed by atoms with Crippen molar-refractivity contribution in [2.45, 2.75) is 0 Å². The summed E-state index contributed by atoms with van der Waals surface area (Å²) >= 11 is -0.885. The lowest BCUT2D eigenvalue weighted by molar-refractivity contribution is 0.632. The van der Waals surface area contributed by atoms with E-state index in [1.54, 1.807) is 0 Å². The zero-order valence-electron chi connectivity index (χ0n) is 7.55. The van der Waals surface area contributed by atoms with Crippen LogP contribution in [0.5, 0.6) is 0 Å². The molecule has 0 radical (unpaired) electrons. The zero-order chi connectivity index (χ0) is 11.4. The Labute approximate surface area is 98.8 Å². The summed E-state index contributed by atoms with van der Waals surface area (Å²) in [6.07, 6.45) is 3.31. The summed E-state index contributed by atoms with van der Waals surface area (Å²) in [5.74, 6) is -3.08. The zero-order valence-corrected chi connectivity index (χ0v) is 9.71. The Hall–Kier alpha value is -1.52. The maximum atomic E-state index is 13.5. The monoisotopic (exact) mass is 336 g/mol. The van der Waals surface area contributed by atoms with E-state index in [4.69, 9.17) is 0 Å². The minimum absolute atomic E-state index is 0.305. The second-order valence-electron chi connectivity index (χ2n) is 2.42. The molecule has 0 aromatic carbocycles. The van der Waals surface area contributed by atoms with Gasteiger partial charge in [0.15, 0.2) is 11.7 Å². The Morgan fingerprint density at radius 1 is 1.12 bits per heavy atom. The third-order valence-electron chi connectivity index (χ3n) is 1.46. The quantitative estimate of drug-likeness (QED) is 0.775. The van der Waals surface area contributed by atoms with Crippen LogP contribution in [0.4, 0.5) is 8.78 Å². The number of hydrogen-bond donors (Lipinski definition) is 0. The molecular weight excluding hydrogens is 333 g/mol. The van der Waals surface area contributed by atoms with Crippen molar-refractivity contribution in [3.8, 4) is 0 Å². The van der Waals surface area contributed by atoms with Crippen LogP contribution in [0.1, 0.15) is 5.82 Å². The number of aliphatic imine (C=N–C) groups is 1. The minimum atomic E-state index is -1.20. The van der Waals surface area contributed by atoms with Gasteiger partial charge in [-0.25, -0.2) is 19.9 Å². The first-order chi connectivity index (χ1) is 7.79. The Kier molecular flexibility index (Phi) is 3.44. The van der Waals surface area contributed by atoms with E-state index in [1.807, 2.05) is 0 Å². The Bertz CT molecular complexity index is 509. The van der Waals surface area contributed by atoms with Crippen LogP contribution in [-0.2, 0) is 0 Å². The normalized spacial score (nSPS) is 16.2. The molecular formula is C7H3F2IN6. The molecule has 1 aliphatic rings. The van der Waals surface area contributed by atoms with Crippen molar-refractivity contribution in [2.75, 3.05) is 0 Å². The van der Waals surface area contributed by atoms with Crippen LogP contribution in [0.25, 0.3) is 5.83 Å². The van der Waals surface area contributed by atoms with Crippen molar-refractivity contribution in [1.82, 2.24) is 15.0 Å². The maximum absolute atomic E-state index is 13.5. The van der Waals surface area contributed by atoms with Gasteiger partial charge in [0.2, 0.25) is 11.7 Å². The molecule has 1 aromatic rings. The number of aromatic nitrogens is 3. The molecule has 0 fully saturated rings. The van der Waals surface area contributed by atoms with Crippen LogP contribution < -0.4 is 0 Å². The van der Waals surface area contributed by atoms with Crippen molar-refractivity contribution in [1.29, 1.82) is 0 Å². The van der Waals surface area contributed by atoms with Gasteiger partial charge in [0.25, 0.3) is 0 Å². The third-order valence-corrected chi connectivity index (χ3v) is 2.63. The first-order valence-corrected chi connectivity index (χ1v) is 5.84. The lowest BCUT2D eigenvalue weighted by atomic mass is 10.4. The first-order valence-electron chi connectivity index (χ1n) is 3.91. The molecule has 1 aliphatic heterocycles. The van der Waals surface area contributed by atoms with E-state index in [-0.39, 0.29) is 11.7 Å². The molecule has 6 nitrogen and oxygen atoms in total. The van der Waals surface area contributed by atoms with Crippen LogP contribution in [-0.4, -0.2) is 27.1 Å². The molecule has 16 heavy (non-hydrogen) atoms. The molecule has 0 saturated heterocycles. The summed E-state index contributed by atoms with van der Waals surface area (Å²) in [5, 5.41) is 0. The third kappa shape index (κ3) is 2.35. The highest BCUT2D eigenvalue weighted by Crippen LogP contribution is 2.21. The van der Waals surface area contributed by atoms with Crippen LogP contribution in [0.2, 0.25) is 0 Å². The average Bonchev–Trinajstić information content (AvgIpc) is 2.39. The highest BCUT2D eigenvalue weighted by atomic mass is 127. The average molecular weight is 336 g/mol. The van der Waals surface area contributed by atoms with Crippen LogP contribution in [0.3, 0.4) is 0 Å². The van der Waals surface area contributed by atoms with Gasteiger partial charge in [-0.1, -0.05) is 0 Å². The van der Waals surface area contributed by atoms with Gasteiger partial charge < -0.3 is 0 Å². The summed E-state index contributed by atoms with van der Waals surface area (Å²) in [6, 6.07) is 0. The molecule has 0 N–H and O–H groups in total. The van der Waals surface area contributed by atoms with E-state index in [9.17, 15) is 8.78 Å². The van der Waals surface area contributed by atoms with Gasteiger partial charge >= 0.3 is 0 Å². The summed E-state index contributed by atoms with van der Waals surface area (Å²) in [6.45, 7) is 0. The van der Waals surface area contributed by atoms with Gasteiger partial charge in [0.05, 0.1) is 0 Å². The second kappa shape index (κ2) is 5.01. The molecule has 0 amide bonds. The van der Waals surface area contributed by atoms with Gasteiger partial charge in [-0.15, -0.1) is 0 Å². The van der Waals surface area contributed by atoms with E-state index < -0.39 is 33.0 Å². The van der Waals surface area contributed by atoms with Gasteiger partial charge in [-0.05, 0) is 0 Å². The summed E-state index contributed by atoms with van der Waals surface area (Å²) < 4.78 is 34.4. The predicted molar refractivity (Wildman–Crippen MR) is 61.3 cm³/mol. The largest absolute Gasteiger partial charge is 0.225 e. The van der Waals surface area contributed by atoms with Crippen LogP contribution >= 0.6 is 21.3 Å². The van der Waals surface area contributed by atoms with Crippen LogP contribution in [0, 0.1) is 0 Å². The molecule has 82 valence electrons. The maximum Gasteiger partial charge on any atom is 0.207 e. The molecule has 0 saturated carbocycles. The molecule has 1 aromatic heterocycles. The Balaban J connectivity index is 2.39. The fourth-order valence-corrected chi connectivity index (χ4v) is 1.72. The second-order valence-corrected chi connectivity index (χ2v) is 3.89. The fraction of sp³-hybridized carbons (Fsp3) is 0. The fourth-order valence-electron chi connectivity index (χ4n) is 0.818. The summed E-state index contributed by atoms with van der Waals surface area (Å²) in [5.41, 5.74) is 0. The van der Waals surface area contributed by atoms with E-state index >= 15 is 0 Å². The standard InChI is InChI=1S/C7H3F2IN6/c8-4(6-12-1-11-2-13-6)5(9)7-14-3-15-10-16-7/h1-3H/b5-4-. The lowest BCUT2D eigenvalue weighted by Crippen LogP contribution is -2.00. The Morgan fingerprint density at radius 3 is 2.50 bits per heavy atom. The SMILES string of the molecule is F/C(C1=NC=NI=N1)=C(\F)c1ncncn1. The summed E-state index contributed by atoms with van der Waals surface area (Å²) in [4.78, 5) is 14.0. The van der Waals surface area contributed by atoms with E-state index in [2.05, 4.69) is 26.3 Å². The number of rotatable bonds is 2. The lowest BCUT2D eigenvalue weighted by Gasteiger charge is -1.99. The molecule has 9 heteroatoms. The Morgan fingerprint density at radius 2 is 1.88 bits per heavy atom. The molecule has 0 aliphatic carbocycles. The first kappa shape index (κ1) is 11.0. The van der Waals surface area contributed by atoms with Gasteiger partial charge in [-0.2, -0.15) is 15.1 Å². The van der Waals surface area contributed by atoms with Crippen molar-refractivity contribution in [2.24, 2.45) is 11.3 Å². The van der Waals surface area contributed by atoms with Crippen molar-refractivity contribution < 1.29 is 8.78 Å². The summed E-state index contributed by atoms with van der Waals surface area (Å²) in [7, 11) is 0. The molecule has 0 spiro atoms. The molecule has 0 unspecified atom stereocenters. The molecule has 0 bridgehead atoms. The molecule has 0 atom stereocenters. The van der Waals surface area contributed by atoms with Gasteiger partial charge in [0, 0.05) is 0 Å². The van der Waals surface area contributed by atoms with E-state index in [1.165, 1.54) is 0 Å². The van der Waals surface area contributed by atoms with Crippen molar-refractivity contribution in [3.05, 3.63) is 24.3 Å².